The summed E-state index contributed by atoms with van der Waals surface area (Å²) in [6, 6.07) is 71.3. The molecular formula is C60H39NO. The molecule has 0 radical (unpaired) electrons. The quantitative estimate of drug-likeness (QED) is 0.160. The molecule has 2 heteroatoms. The van der Waals surface area contributed by atoms with Gasteiger partial charge in [-0.2, -0.15) is 0 Å². The lowest BCUT2D eigenvalue weighted by Crippen LogP contribution is -2.11. The molecule has 0 bridgehead atoms. The second-order valence-corrected chi connectivity index (χ2v) is 15.7. The molecule has 290 valence electrons. The first-order valence-electron chi connectivity index (χ1n) is 22.9. The Bertz CT molecular complexity index is 3830. The van der Waals surface area contributed by atoms with Crippen molar-refractivity contribution in [2.24, 2.45) is 0 Å². The van der Waals surface area contributed by atoms with Gasteiger partial charge in [0.15, 0.2) is 0 Å². The van der Waals surface area contributed by atoms with Gasteiger partial charge in [-0.15, -0.1) is 0 Å². The number of hydrogen-bond acceptors (Lipinski definition) is 2. The highest BCUT2D eigenvalue weighted by Gasteiger charge is 2.19. The van der Waals surface area contributed by atoms with E-state index in [1.165, 1.54) is 0 Å². The second kappa shape index (κ2) is 14.8. The van der Waals surface area contributed by atoms with E-state index in [1.807, 2.05) is 102 Å². The van der Waals surface area contributed by atoms with Crippen LogP contribution in [-0.4, -0.2) is 0 Å². The Morgan fingerprint density at radius 2 is 0.823 bits per heavy atom. The van der Waals surface area contributed by atoms with Crippen molar-refractivity contribution in [3.63, 3.8) is 0 Å². The Labute approximate surface area is 365 Å². The highest BCUT2D eigenvalue weighted by atomic mass is 16.3. The largest absolute Gasteiger partial charge is 0.455 e. The van der Waals surface area contributed by atoms with E-state index in [0.29, 0.717) is 16.9 Å². The fraction of sp³-hybridized carbons (Fsp3) is 0. The molecule has 0 saturated carbocycles. The number of anilines is 3. The van der Waals surface area contributed by atoms with E-state index in [1.54, 1.807) is 0 Å². The number of para-hydroxylation sites is 1. The number of rotatable bonds is 7. The number of benzene rings is 11. The molecule has 0 amide bonds. The molecule has 62 heavy (non-hydrogen) atoms. The molecule has 0 fully saturated rings. The van der Waals surface area contributed by atoms with Crippen molar-refractivity contribution in [3.8, 4) is 44.5 Å². The molecule has 12 rings (SSSR count). The third-order valence-electron chi connectivity index (χ3n) is 12.2. The SMILES string of the molecule is [2H]c1c([2H])c(N(c2ccc(-c3cccc4ccccc34)cc2)c2ccccc2-c2ccc3c(c2)oc2c4ccccc4ccc32)c([2H])c([2H])c1-c1ccc(-c2cccc3ccccc23)cc1. The number of hydrogen-bond donors (Lipinski definition) is 0. The van der Waals surface area contributed by atoms with Crippen molar-refractivity contribution < 1.29 is 9.90 Å². The van der Waals surface area contributed by atoms with Crippen molar-refractivity contribution in [1.82, 2.24) is 0 Å². The summed E-state index contributed by atoms with van der Waals surface area (Å²) in [6.07, 6.45) is 0. The highest BCUT2D eigenvalue weighted by molar-refractivity contribution is 6.15. The van der Waals surface area contributed by atoms with Crippen LogP contribution in [-0.2, 0) is 0 Å². The minimum absolute atomic E-state index is 0.116. The molecule has 1 aromatic heterocycles. The van der Waals surface area contributed by atoms with Gasteiger partial charge in [-0.1, -0.05) is 188 Å². The van der Waals surface area contributed by atoms with E-state index in [2.05, 4.69) is 115 Å². The first-order valence-corrected chi connectivity index (χ1v) is 20.9. The van der Waals surface area contributed by atoms with Crippen molar-refractivity contribution in [3.05, 3.63) is 236 Å². The maximum absolute atomic E-state index is 9.75. The van der Waals surface area contributed by atoms with Gasteiger partial charge in [0.05, 0.1) is 11.2 Å². The van der Waals surface area contributed by atoms with E-state index in [-0.39, 0.29) is 35.4 Å². The summed E-state index contributed by atoms with van der Waals surface area (Å²) in [5.74, 6) is 0. The summed E-state index contributed by atoms with van der Waals surface area (Å²) in [7, 11) is 0. The van der Waals surface area contributed by atoms with Gasteiger partial charge in [-0.25, -0.2) is 0 Å². The molecule has 12 aromatic rings. The lowest BCUT2D eigenvalue weighted by atomic mass is 9.96. The Balaban J connectivity index is 1.02. The molecule has 0 atom stereocenters. The zero-order chi connectivity index (χ0) is 44.5. The smallest absolute Gasteiger partial charge is 0.143 e. The molecule has 0 aliphatic rings. The van der Waals surface area contributed by atoms with Crippen LogP contribution in [0.1, 0.15) is 5.48 Å². The summed E-state index contributed by atoms with van der Waals surface area (Å²) < 4.78 is 45.3. The average Bonchev–Trinajstić information content (AvgIpc) is 3.76. The maximum Gasteiger partial charge on any atom is 0.143 e. The fourth-order valence-corrected chi connectivity index (χ4v) is 9.10. The molecular weight excluding hydrogens is 751 g/mol. The lowest BCUT2D eigenvalue weighted by molar-refractivity contribution is 0.673. The molecule has 0 aliphatic heterocycles. The highest BCUT2D eigenvalue weighted by Crippen LogP contribution is 2.44. The van der Waals surface area contributed by atoms with Crippen LogP contribution in [0.2, 0.25) is 0 Å². The topological polar surface area (TPSA) is 16.4 Å². The molecule has 0 N–H and O–H groups in total. The van der Waals surface area contributed by atoms with Crippen molar-refractivity contribution in [1.29, 1.82) is 0 Å². The Morgan fingerprint density at radius 3 is 1.50 bits per heavy atom. The van der Waals surface area contributed by atoms with Crippen LogP contribution in [0, 0.1) is 0 Å². The normalized spacial score (nSPS) is 12.5. The van der Waals surface area contributed by atoms with E-state index < -0.39 is 0 Å². The first kappa shape index (κ1) is 31.7. The average molecular weight is 794 g/mol. The van der Waals surface area contributed by atoms with Gasteiger partial charge < -0.3 is 9.32 Å². The van der Waals surface area contributed by atoms with Crippen molar-refractivity contribution in [2.45, 2.75) is 0 Å². The van der Waals surface area contributed by atoms with Crippen LogP contribution < -0.4 is 4.90 Å². The molecule has 0 unspecified atom stereocenters. The number of furan rings is 1. The van der Waals surface area contributed by atoms with Gasteiger partial charge in [0.25, 0.3) is 0 Å². The van der Waals surface area contributed by atoms with Gasteiger partial charge in [-0.3, -0.25) is 0 Å². The summed E-state index contributed by atoms with van der Waals surface area (Å²) in [4.78, 5) is 1.88. The van der Waals surface area contributed by atoms with Crippen LogP contribution in [0.25, 0.3) is 98.8 Å². The van der Waals surface area contributed by atoms with Gasteiger partial charge in [-0.05, 0) is 114 Å². The van der Waals surface area contributed by atoms with E-state index in [0.717, 1.165) is 87.6 Å². The minimum atomic E-state index is -0.142. The van der Waals surface area contributed by atoms with Crippen LogP contribution >= 0.6 is 0 Å². The first-order chi connectivity index (χ1) is 32.4. The summed E-state index contributed by atoms with van der Waals surface area (Å²) in [5, 5.41) is 8.80. The van der Waals surface area contributed by atoms with Crippen LogP contribution in [0.3, 0.4) is 0 Å². The van der Waals surface area contributed by atoms with Gasteiger partial charge in [0.2, 0.25) is 0 Å². The molecule has 11 aromatic carbocycles. The number of fused-ring (bicyclic) bond motifs is 7. The fourth-order valence-electron chi connectivity index (χ4n) is 9.10. The zero-order valence-electron chi connectivity index (χ0n) is 37.6. The second-order valence-electron chi connectivity index (χ2n) is 15.7. The van der Waals surface area contributed by atoms with Crippen LogP contribution in [0.15, 0.2) is 241 Å². The predicted octanol–water partition coefficient (Wildman–Crippen LogP) is 17.2. The number of nitrogens with zero attached hydrogens (tertiary/aromatic N) is 1. The monoisotopic (exact) mass is 793 g/mol. The molecule has 1 heterocycles. The zero-order valence-corrected chi connectivity index (χ0v) is 33.6. The summed E-state index contributed by atoms with van der Waals surface area (Å²) in [6.45, 7) is 0. The third kappa shape index (κ3) is 6.12. The van der Waals surface area contributed by atoms with Crippen molar-refractivity contribution >= 4 is 71.3 Å². The maximum atomic E-state index is 9.75. The standard InChI is InChI=1S/C60H39NO/c1-4-16-50-42(11-1)14-9-20-52(50)45-25-23-40(24-26-45)41-27-33-48(34-28-41)61(49-35-29-46(30-36-49)53-21-10-15-43-12-2-5-17-51(43)53)58-22-8-7-18-54(58)47-32-37-56-57-38-31-44-13-3-6-19-55(44)60(57)62-59(56)39-47/h1-39H/i27D,28D,33D,34D. The molecule has 0 aliphatic carbocycles. The summed E-state index contributed by atoms with van der Waals surface area (Å²) in [5.41, 5.74) is 9.93. The van der Waals surface area contributed by atoms with Crippen LogP contribution in [0.4, 0.5) is 17.1 Å². The van der Waals surface area contributed by atoms with E-state index in [4.69, 9.17) is 4.42 Å². The minimum Gasteiger partial charge on any atom is -0.455 e. The van der Waals surface area contributed by atoms with Gasteiger partial charge >= 0.3 is 0 Å². The van der Waals surface area contributed by atoms with E-state index in [9.17, 15) is 5.48 Å². The Hall–Kier alpha value is -8.20. The van der Waals surface area contributed by atoms with Crippen LogP contribution in [0.5, 0.6) is 0 Å². The summed E-state index contributed by atoms with van der Waals surface area (Å²) >= 11 is 0. The van der Waals surface area contributed by atoms with E-state index >= 15 is 0 Å². The molecule has 2 nitrogen and oxygen atoms in total. The predicted molar refractivity (Wildman–Crippen MR) is 263 cm³/mol. The molecule has 0 saturated heterocycles. The Kier molecular flexibility index (Phi) is 7.57. The Morgan fingerprint density at radius 1 is 0.323 bits per heavy atom. The lowest BCUT2D eigenvalue weighted by Gasteiger charge is -2.28. The van der Waals surface area contributed by atoms with Crippen molar-refractivity contribution in [2.75, 3.05) is 4.90 Å². The molecule has 0 spiro atoms. The third-order valence-corrected chi connectivity index (χ3v) is 12.2. The van der Waals surface area contributed by atoms with Gasteiger partial charge in [0, 0.05) is 33.1 Å². The van der Waals surface area contributed by atoms with Gasteiger partial charge in [0.1, 0.15) is 11.2 Å².